The third kappa shape index (κ3) is 4.40. The van der Waals surface area contributed by atoms with Crippen molar-refractivity contribution in [2.24, 2.45) is 0 Å². The van der Waals surface area contributed by atoms with Crippen molar-refractivity contribution in [2.45, 2.75) is 13.5 Å². The van der Waals surface area contributed by atoms with Gasteiger partial charge in [0.25, 0.3) is 5.91 Å². The summed E-state index contributed by atoms with van der Waals surface area (Å²) in [7, 11) is 0. The van der Waals surface area contributed by atoms with Gasteiger partial charge in [-0.3, -0.25) is 4.79 Å². The Bertz CT molecular complexity index is 689. The second-order valence-corrected chi connectivity index (χ2v) is 5.26. The fraction of sp³-hybridized carbons (Fsp3) is 0.278. The number of ether oxygens (including phenoxy) is 2. The first-order valence-corrected chi connectivity index (χ1v) is 7.77. The highest BCUT2D eigenvalue weighted by atomic mass is 35.5. The molecule has 1 heterocycles. The summed E-state index contributed by atoms with van der Waals surface area (Å²) in [4.78, 5) is 12.3. The molecule has 1 aliphatic rings. The molecule has 128 valence electrons. The molecule has 0 fully saturated rings. The number of carbonyl (C=O) groups excluding carboxylic acids is 1. The lowest BCUT2D eigenvalue weighted by molar-refractivity contribution is 0.102. The van der Waals surface area contributed by atoms with Gasteiger partial charge in [0.1, 0.15) is 18.1 Å². The molecule has 3 rings (SSSR count). The number of carbonyl (C=O) groups is 1. The van der Waals surface area contributed by atoms with Crippen LogP contribution in [0.2, 0.25) is 0 Å². The molecule has 24 heavy (non-hydrogen) atoms. The van der Waals surface area contributed by atoms with Crippen LogP contribution in [0, 0.1) is 0 Å². The Morgan fingerprint density at radius 2 is 2.04 bits per heavy atom. The Kier molecular flexibility index (Phi) is 6.46. The van der Waals surface area contributed by atoms with Crippen molar-refractivity contribution in [3.63, 3.8) is 0 Å². The van der Waals surface area contributed by atoms with Crippen molar-refractivity contribution < 1.29 is 14.3 Å². The van der Waals surface area contributed by atoms with E-state index in [1.165, 1.54) is 0 Å². The Balaban J connectivity index is 0.00000208. The first kappa shape index (κ1) is 18.1. The molecule has 6 heteroatoms. The molecule has 0 radical (unpaired) electrons. The van der Waals surface area contributed by atoms with Gasteiger partial charge in [0.2, 0.25) is 0 Å². The van der Waals surface area contributed by atoms with Crippen LogP contribution < -0.4 is 20.1 Å². The molecule has 0 atom stereocenters. The SMILES string of the molecule is CCOc1ccc(C(=O)Nc2ccc3c(c2)CNCCO3)cc1.Cl. The molecule has 2 aromatic carbocycles. The number of nitrogens with one attached hydrogen (secondary N) is 2. The fourth-order valence-corrected chi connectivity index (χ4v) is 2.46. The van der Waals surface area contributed by atoms with Gasteiger partial charge in [0, 0.05) is 29.9 Å². The van der Waals surface area contributed by atoms with Crippen molar-refractivity contribution in [3.8, 4) is 11.5 Å². The number of fused-ring (bicyclic) bond motifs is 1. The monoisotopic (exact) mass is 348 g/mol. The minimum Gasteiger partial charge on any atom is -0.494 e. The van der Waals surface area contributed by atoms with Crippen LogP contribution in [0.3, 0.4) is 0 Å². The minimum atomic E-state index is -0.143. The maximum absolute atomic E-state index is 12.3. The molecule has 0 unspecified atom stereocenters. The van der Waals surface area contributed by atoms with Crippen LogP contribution in [0.1, 0.15) is 22.8 Å². The molecule has 0 spiro atoms. The van der Waals surface area contributed by atoms with E-state index in [1.807, 2.05) is 25.1 Å². The smallest absolute Gasteiger partial charge is 0.255 e. The Morgan fingerprint density at radius 1 is 1.25 bits per heavy atom. The Hall–Kier alpha value is -2.24. The maximum atomic E-state index is 12.3. The second kappa shape index (κ2) is 8.57. The molecule has 0 saturated carbocycles. The van der Waals surface area contributed by atoms with E-state index in [0.717, 1.165) is 35.8 Å². The van der Waals surface area contributed by atoms with Gasteiger partial charge in [-0.2, -0.15) is 0 Å². The van der Waals surface area contributed by atoms with Crippen molar-refractivity contribution in [2.75, 3.05) is 25.1 Å². The van der Waals surface area contributed by atoms with Crippen molar-refractivity contribution in [1.82, 2.24) is 5.32 Å². The van der Waals surface area contributed by atoms with E-state index in [0.29, 0.717) is 18.8 Å². The summed E-state index contributed by atoms with van der Waals surface area (Å²) in [6, 6.07) is 12.8. The number of rotatable bonds is 4. The van der Waals surface area contributed by atoms with Gasteiger partial charge in [-0.05, 0) is 49.4 Å². The van der Waals surface area contributed by atoms with E-state index >= 15 is 0 Å². The van der Waals surface area contributed by atoms with Gasteiger partial charge in [0.15, 0.2) is 0 Å². The van der Waals surface area contributed by atoms with Crippen molar-refractivity contribution in [1.29, 1.82) is 0 Å². The average molecular weight is 349 g/mol. The molecule has 0 bridgehead atoms. The zero-order chi connectivity index (χ0) is 16.1. The summed E-state index contributed by atoms with van der Waals surface area (Å²) >= 11 is 0. The standard InChI is InChI=1S/C18H20N2O3.ClH/c1-2-22-16-6-3-13(4-7-16)18(21)20-15-5-8-17-14(11-15)12-19-9-10-23-17;/h3-8,11,19H,2,9-10,12H2,1H3,(H,20,21);1H. The molecule has 2 aromatic rings. The molecular weight excluding hydrogens is 328 g/mol. The van der Waals surface area contributed by atoms with E-state index in [-0.39, 0.29) is 18.3 Å². The Labute approximate surface area is 147 Å². The maximum Gasteiger partial charge on any atom is 0.255 e. The number of benzene rings is 2. The molecule has 5 nitrogen and oxygen atoms in total. The van der Waals surface area contributed by atoms with Gasteiger partial charge in [-0.15, -0.1) is 12.4 Å². The van der Waals surface area contributed by atoms with Gasteiger partial charge in [-0.1, -0.05) is 0 Å². The summed E-state index contributed by atoms with van der Waals surface area (Å²) in [5.74, 6) is 1.49. The highest BCUT2D eigenvalue weighted by Gasteiger charge is 2.11. The molecule has 1 amide bonds. The normalized spacial score (nSPS) is 12.9. The van der Waals surface area contributed by atoms with Gasteiger partial charge in [-0.25, -0.2) is 0 Å². The number of halogens is 1. The average Bonchev–Trinajstić information content (AvgIpc) is 2.80. The van der Waals surface area contributed by atoms with E-state index < -0.39 is 0 Å². The lowest BCUT2D eigenvalue weighted by Crippen LogP contribution is -2.16. The molecule has 0 aliphatic carbocycles. The quantitative estimate of drug-likeness (QED) is 0.890. The first-order valence-electron chi connectivity index (χ1n) is 7.77. The topological polar surface area (TPSA) is 59.6 Å². The summed E-state index contributed by atoms with van der Waals surface area (Å²) in [5.41, 5.74) is 2.40. The second-order valence-electron chi connectivity index (χ2n) is 5.26. The number of amides is 1. The summed E-state index contributed by atoms with van der Waals surface area (Å²) in [5, 5.41) is 6.20. The fourth-order valence-electron chi connectivity index (χ4n) is 2.46. The third-order valence-corrected chi connectivity index (χ3v) is 3.60. The number of hydrogen-bond acceptors (Lipinski definition) is 4. The van der Waals surface area contributed by atoms with E-state index in [1.54, 1.807) is 24.3 Å². The van der Waals surface area contributed by atoms with Crippen LogP contribution >= 0.6 is 12.4 Å². The van der Waals surface area contributed by atoms with Crippen molar-refractivity contribution in [3.05, 3.63) is 53.6 Å². The largest absolute Gasteiger partial charge is 0.494 e. The van der Waals surface area contributed by atoms with E-state index in [9.17, 15) is 4.79 Å². The van der Waals surface area contributed by atoms with Crippen LogP contribution in [0.4, 0.5) is 5.69 Å². The zero-order valence-corrected chi connectivity index (χ0v) is 14.3. The molecule has 2 N–H and O–H groups in total. The van der Waals surface area contributed by atoms with Crippen LogP contribution in [0.15, 0.2) is 42.5 Å². The van der Waals surface area contributed by atoms with E-state index in [4.69, 9.17) is 9.47 Å². The van der Waals surface area contributed by atoms with Crippen LogP contribution in [-0.2, 0) is 6.54 Å². The minimum absolute atomic E-state index is 0. The van der Waals surface area contributed by atoms with Gasteiger partial charge < -0.3 is 20.1 Å². The van der Waals surface area contributed by atoms with Gasteiger partial charge >= 0.3 is 0 Å². The van der Waals surface area contributed by atoms with E-state index in [2.05, 4.69) is 10.6 Å². The molecular formula is C18H21ClN2O3. The Morgan fingerprint density at radius 3 is 2.79 bits per heavy atom. The summed E-state index contributed by atoms with van der Waals surface area (Å²) in [6.45, 7) is 4.75. The van der Waals surface area contributed by atoms with Gasteiger partial charge in [0.05, 0.1) is 6.61 Å². The lowest BCUT2D eigenvalue weighted by Gasteiger charge is -2.10. The predicted molar refractivity (Wildman–Crippen MR) is 96.5 cm³/mol. The van der Waals surface area contributed by atoms with Crippen LogP contribution in [-0.4, -0.2) is 25.7 Å². The third-order valence-electron chi connectivity index (χ3n) is 3.60. The van der Waals surface area contributed by atoms with Crippen molar-refractivity contribution >= 4 is 24.0 Å². The first-order chi connectivity index (χ1) is 11.3. The molecule has 1 aliphatic heterocycles. The highest BCUT2D eigenvalue weighted by Crippen LogP contribution is 2.24. The number of anilines is 1. The zero-order valence-electron chi connectivity index (χ0n) is 13.5. The predicted octanol–water partition coefficient (Wildman–Crippen LogP) is 3.24. The number of hydrogen-bond donors (Lipinski definition) is 2. The van der Waals surface area contributed by atoms with Crippen LogP contribution in [0.5, 0.6) is 11.5 Å². The molecule has 0 saturated heterocycles. The van der Waals surface area contributed by atoms with Crippen LogP contribution in [0.25, 0.3) is 0 Å². The lowest BCUT2D eigenvalue weighted by atomic mass is 10.1. The summed E-state index contributed by atoms with van der Waals surface area (Å²) < 4.78 is 11.0. The highest BCUT2D eigenvalue weighted by molar-refractivity contribution is 6.04. The summed E-state index contributed by atoms with van der Waals surface area (Å²) in [6.07, 6.45) is 0. The molecule has 0 aromatic heterocycles.